The SMILES string of the molecule is CC[C@H](C)[C@H](NC(=O)/C=C/c1ccccc1)C(=O)Nc1nnc(-c2ccc(Cl)cc2)s1. The molecule has 160 valence electrons. The molecule has 0 aliphatic carbocycles. The number of nitrogens with one attached hydrogen (secondary N) is 2. The summed E-state index contributed by atoms with van der Waals surface area (Å²) in [5.74, 6) is -0.712. The summed E-state index contributed by atoms with van der Waals surface area (Å²) in [5, 5.41) is 15.4. The van der Waals surface area contributed by atoms with Gasteiger partial charge in [0.25, 0.3) is 0 Å². The van der Waals surface area contributed by atoms with Gasteiger partial charge >= 0.3 is 0 Å². The third kappa shape index (κ3) is 6.47. The van der Waals surface area contributed by atoms with Crippen molar-refractivity contribution in [2.75, 3.05) is 5.32 Å². The number of carbonyl (C=O) groups excluding carboxylic acids is 2. The second kappa shape index (κ2) is 10.8. The summed E-state index contributed by atoms with van der Waals surface area (Å²) >= 11 is 7.18. The van der Waals surface area contributed by atoms with E-state index >= 15 is 0 Å². The van der Waals surface area contributed by atoms with Crippen LogP contribution in [-0.4, -0.2) is 28.1 Å². The van der Waals surface area contributed by atoms with Crippen LogP contribution < -0.4 is 10.6 Å². The zero-order valence-corrected chi connectivity index (χ0v) is 18.8. The van der Waals surface area contributed by atoms with Crippen LogP contribution in [0.15, 0.2) is 60.7 Å². The topological polar surface area (TPSA) is 84.0 Å². The number of rotatable bonds is 8. The number of amides is 2. The Hall–Kier alpha value is -3.03. The van der Waals surface area contributed by atoms with Crippen molar-refractivity contribution in [1.29, 1.82) is 0 Å². The third-order valence-electron chi connectivity index (χ3n) is 4.77. The molecule has 0 aliphatic rings. The van der Waals surface area contributed by atoms with Crippen LogP contribution in [0.1, 0.15) is 25.8 Å². The minimum atomic E-state index is -0.694. The molecular formula is C23H23ClN4O2S. The molecule has 0 spiro atoms. The van der Waals surface area contributed by atoms with Crippen molar-refractivity contribution < 1.29 is 9.59 Å². The standard InChI is InChI=1S/C23H23ClN4O2S/c1-3-15(2)20(25-19(29)14-9-16-7-5-4-6-8-16)21(30)26-23-28-27-22(31-23)17-10-12-18(24)13-11-17/h4-15,20H,3H2,1-2H3,(H,25,29)(H,26,28,30)/b14-9+/t15-,20-/m0/s1. The Kier molecular flexibility index (Phi) is 7.92. The van der Waals surface area contributed by atoms with Crippen molar-refractivity contribution in [3.05, 3.63) is 71.3 Å². The maximum Gasteiger partial charge on any atom is 0.249 e. The van der Waals surface area contributed by atoms with Crippen LogP contribution >= 0.6 is 22.9 Å². The molecule has 0 fully saturated rings. The van der Waals surface area contributed by atoms with Crippen molar-refractivity contribution in [2.24, 2.45) is 5.92 Å². The first-order valence-corrected chi connectivity index (χ1v) is 11.1. The highest BCUT2D eigenvalue weighted by molar-refractivity contribution is 7.18. The largest absolute Gasteiger partial charge is 0.340 e. The summed E-state index contributed by atoms with van der Waals surface area (Å²) in [5.41, 5.74) is 1.77. The Labute approximate surface area is 190 Å². The van der Waals surface area contributed by atoms with Crippen LogP contribution in [0.2, 0.25) is 5.02 Å². The van der Waals surface area contributed by atoms with Gasteiger partial charge in [0.2, 0.25) is 16.9 Å². The van der Waals surface area contributed by atoms with E-state index in [9.17, 15) is 9.59 Å². The molecule has 2 amide bonds. The molecule has 2 aromatic carbocycles. The van der Waals surface area contributed by atoms with E-state index in [4.69, 9.17) is 11.6 Å². The molecule has 1 aromatic heterocycles. The van der Waals surface area contributed by atoms with Gasteiger partial charge in [-0.15, -0.1) is 10.2 Å². The Morgan fingerprint density at radius 2 is 1.81 bits per heavy atom. The maximum absolute atomic E-state index is 12.9. The fourth-order valence-corrected chi connectivity index (χ4v) is 3.68. The summed E-state index contributed by atoms with van der Waals surface area (Å²) in [6.07, 6.45) is 3.87. The molecule has 6 nitrogen and oxygen atoms in total. The van der Waals surface area contributed by atoms with E-state index in [-0.39, 0.29) is 17.7 Å². The number of anilines is 1. The molecule has 0 saturated heterocycles. The van der Waals surface area contributed by atoms with Crippen molar-refractivity contribution in [3.8, 4) is 10.6 Å². The minimum absolute atomic E-state index is 0.0577. The molecule has 0 bridgehead atoms. The summed E-state index contributed by atoms with van der Waals surface area (Å²) < 4.78 is 0. The van der Waals surface area contributed by atoms with Crippen molar-refractivity contribution in [3.63, 3.8) is 0 Å². The lowest BCUT2D eigenvalue weighted by atomic mass is 9.98. The second-order valence-electron chi connectivity index (χ2n) is 7.02. The van der Waals surface area contributed by atoms with Crippen molar-refractivity contribution in [2.45, 2.75) is 26.3 Å². The van der Waals surface area contributed by atoms with Gasteiger partial charge in [-0.2, -0.15) is 0 Å². The van der Waals surface area contributed by atoms with E-state index in [1.54, 1.807) is 18.2 Å². The number of benzene rings is 2. The van der Waals surface area contributed by atoms with Gasteiger partial charge in [-0.05, 0) is 29.7 Å². The molecule has 2 atom stereocenters. The Balaban J connectivity index is 1.66. The number of hydrogen-bond donors (Lipinski definition) is 2. The fraction of sp³-hybridized carbons (Fsp3) is 0.217. The van der Waals surface area contributed by atoms with Gasteiger partial charge in [-0.3, -0.25) is 14.9 Å². The monoisotopic (exact) mass is 454 g/mol. The lowest BCUT2D eigenvalue weighted by Crippen LogP contribution is -2.47. The highest BCUT2D eigenvalue weighted by Crippen LogP contribution is 2.27. The van der Waals surface area contributed by atoms with E-state index in [2.05, 4.69) is 20.8 Å². The summed E-state index contributed by atoms with van der Waals surface area (Å²) in [6.45, 7) is 3.89. The molecule has 1 heterocycles. The zero-order valence-electron chi connectivity index (χ0n) is 17.2. The van der Waals surface area contributed by atoms with Gasteiger partial charge in [0.05, 0.1) is 0 Å². The van der Waals surface area contributed by atoms with Gasteiger partial charge in [-0.1, -0.05) is 85.7 Å². The lowest BCUT2D eigenvalue weighted by Gasteiger charge is -2.22. The van der Waals surface area contributed by atoms with Crippen LogP contribution in [0.5, 0.6) is 0 Å². The highest BCUT2D eigenvalue weighted by atomic mass is 35.5. The molecular weight excluding hydrogens is 432 g/mol. The molecule has 3 aromatic rings. The number of hydrogen-bond acceptors (Lipinski definition) is 5. The fourth-order valence-electron chi connectivity index (χ4n) is 2.81. The summed E-state index contributed by atoms with van der Waals surface area (Å²) in [7, 11) is 0. The molecule has 0 radical (unpaired) electrons. The normalized spacial score (nSPS) is 13.0. The van der Waals surface area contributed by atoms with Crippen LogP contribution in [0.25, 0.3) is 16.6 Å². The Morgan fingerprint density at radius 1 is 1.10 bits per heavy atom. The van der Waals surface area contributed by atoms with Gasteiger partial charge in [0, 0.05) is 16.7 Å². The predicted molar refractivity (Wildman–Crippen MR) is 126 cm³/mol. The van der Waals surface area contributed by atoms with Crippen LogP contribution in [0.4, 0.5) is 5.13 Å². The number of nitrogens with zero attached hydrogens (tertiary/aromatic N) is 2. The minimum Gasteiger partial charge on any atom is -0.340 e. The van der Waals surface area contributed by atoms with Gasteiger partial charge in [0.1, 0.15) is 11.0 Å². The smallest absolute Gasteiger partial charge is 0.249 e. The maximum atomic E-state index is 12.9. The predicted octanol–water partition coefficient (Wildman–Crippen LogP) is 5.04. The third-order valence-corrected chi connectivity index (χ3v) is 5.91. The van der Waals surface area contributed by atoms with Gasteiger partial charge in [-0.25, -0.2) is 0 Å². The van der Waals surface area contributed by atoms with E-state index in [1.165, 1.54) is 17.4 Å². The van der Waals surface area contributed by atoms with Crippen LogP contribution in [-0.2, 0) is 9.59 Å². The molecule has 0 aliphatic heterocycles. The van der Waals surface area contributed by atoms with Crippen molar-refractivity contribution in [1.82, 2.24) is 15.5 Å². The van der Waals surface area contributed by atoms with Gasteiger partial charge in [0.15, 0.2) is 0 Å². The van der Waals surface area contributed by atoms with Crippen LogP contribution in [0.3, 0.4) is 0 Å². The van der Waals surface area contributed by atoms with Gasteiger partial charge < -0.3 is 5.32 Å². The lowest BCUT2D eigenvalue weighted by molar-refractivity contribution is -0.125. The van der Waals surface area contributed by atoms with Crippen molar-refractivity contribution >= 4 is 46.0 Å². The average molecular weight is 455 g/mol. The quantitative estimate of drug-likeness (QED) is 0.467. The first kappa shape index (κ1) is 22.7. The molecule has 8 heteroatoms. The first-order valence-electron chi connectivity index (χ1n) is 9.90. The molecule has 3 rings (SSSR count). The van der Waals surface area contributed by atoms with E-state index in [0.29, 0.717) is 15.2 Å². The summed E-state index contributed by atoms with van der Waals surface area (Å²) in [6, 6.07) is 16.0. The van der Waals surface area contributed by atoms with Crippen LogP contribution in [0, 0.1) is 5.92 Å². The second-order valence-corrected chi connectivity index (χ2v) is 8.44. The zero-order chi connectivity index (χ0) is 22.2. The average Bonchev–Trinajstić information content (AvgIpc) is 3.25. The molecule has 2 N–H and O–H groups in total. The van der Waals surface area contributed by atoms with E-state index < -0.39 is 6.04 Å². The van der Waals surface area contributed by atoms with E-state index in [1.807, 2.05) is 56.3 Å². The first-order chi connectivity index (χ1) is 15.0. The molecule has 0 saturated carbocycles. The Bertz CT molecular complexity index is 1050. The number of aromatic nitrogens is 2. The summed E-state index contributed by atoms with van der Waals surface area (Å²) in [4.78, 5) is 25.3. The number of halogens is 1. The molecule has 0 unspecified atom stereocenters. The number of carbonyl (C=O) groups is 2. The highest BCUT2D eigenvalue weighted by Gasteiger charge is 2.26. The van der Waals surface area contributed by atoms with E-state index in [0.717, 1.165) is 17.5 Å². The molecule has 31 heavy (non-hydrogen) atoms. The Morgan fingerprint density at radius 3 is 2.48 bits per heavy atom.